The molecule has 0 radical (unpaired) electrons. The lowest BCUT2D eigenvalue weighted by Gasteiger charge is -2.26. The zero-order chi connectivity index (χ0) is 18.6. The van der Waals surface area contributed by atoms with Crippen LogP contribution < -0.4 is 15.4 Å². The van der Waals surface area contributed by atoms with Crippen molar-refractivity contribution in [3.63, 3.8) is 0 Å². The van der Waals surface area contributed by atoms with Crippen LogP contribution in [0.1, 0.15) is 46.6 Å². The monoisotopic (exact) mass is 346 g/mol. The summed E-state index contributed by atoms with van der Waals surface area (Å²) < 4.78 is 5.74. The Morgan fingerprint density at radius 2 is 2.00 bits per heavy atom. The van der Waals surface area contributed by atoms with Gasteiger partial charge in [0.05, 0.1) is 5.92 Å². The van der Waals surface area contributed by atoms with E-state index in [-0.39, 0.29) is 17.7 Å². The first-order valence-corrected chi connectivity index (χ1v) is 9.01. The predicted octanol–water partition coefficient (Wildman–Crippen LogP) is 3.38. The van der Waals surface area contributed by atoms with Crippen LogP contribution in [0.4, 0.5) is 5.69 Å². The quantitative estimate of drug-likeness (QED) is 0.859. The number of carbonyl (C=O) groups is 2. The zero-order valence-corrected chi connectivity index (χ0v) is 15.9. The molecule has 0 bridgehead atoms. The number of anilines is 1. The molecule has 5 heteroatoms. The summed E-state index contributed by atoms with van der Waals surface area (Å²) in [5.41, 5.74) is 1.25. The van der Waals surface area contributed by atoms with Crippen LogP contribution in [-0.4, -0.2) is 25.0 Å². The first-order valence-electron chi connectivity index (χ1n) is 9.01. The molecule has 2 N–H and O–H groups in total. The lowest BCUT2D eigenvalue weighted by atomic mass is 9.94. The van der Waals surface area contributed by atoms with Crippen molar-refractivity contribution in [3.05, 3.63) is 23.8 Å². The van der Waals surface area contributed by atoms with Crippen molar-refractivity contribution >= 4 is 17.5 Å². The van der Waals surface area contributed by atoms with E-state index in [1.807, 2.05) is 39.0 Å². The largest absolute Gasteiger partial charge is 0.492 e. The van der Waals surface area contributed by atoms with Crippen LogP contribution in [0.3, 0.4) is 0 Å². The minimum Gasteiger partial charge on any atom is -0.492 e. The Hall–Kier alpha value is -2.04. The normalized spacial score (nSPS) is 16.8. The third-order valence-electron chi connectivity index (χ3n) is 4.30. The molecule has 0 aromatic heterocycles. The molecule has 25 heavy (non-hydrogen) atoms. The summed E-state index contributed by atoms with van der Waals surface area (Å²) in [7, 11) is 0. The molecule has 0 saturated heterocycles. The van der Waals surface area contributed by atoms with Gasteiger partial charge in [-0.05, 0) is 42.5 Å². The number of amides is 2. The number of ether oxygens (including phenoxy) is 1. The van der Waals surface area contributed by atoms with Gasteiger partial charge < -0.3 is 15.4 Å². The summed E-state index contributed by atoms with van der Waals surface area (Å²) in [5.74, 6) is 1.17. The predicted molar refractivity (Wildman–Crippen MR) is 99.7 cm³/mol. The van der Waals surface area contributed by atoms with E-state index >= 15 is 0 Å². The van der Waals surface area contributed by atoms with Crippen molar-refractivity contribution in [3.8, 4) is 5.75 Å². The summed E-state index contributed by atoms with van der Waals surface area (Å²) >= 11 is 0. The highest BCUT2D eigenvalue weighted by Crippen LogP contribution is 2.30. The SMILES string of the molecule is CC(C)CCNC(=O)[C@@H]1COc2ccc(NC(=O)C(C)(C)C)cc2C1. The Balaban J connectivity index is 2.00. The molecule has 0 saturated carbocycles. The summed E-state index contributed by atoms with van der Waals surface area (Å²) in [5, 5.41) is 5.92. The van der Waals surface area contributed by atoms with Crippen molar-refractivity contribution in [2.24, 2.45) is 17.3 Å². The molecule has 1 atom stereocenters. The fourth-order valence-corrected chi connectivity index (χ4v) is 2.59. The molecule has 1 aliphatic heterocycles. The van der Waals surface area contributed by atoms with Crippen LogP contribution in [0.25, 0.3) is 0 Å². The third-order valence-corrected chi connectivity index (χ3v) is 4.30. The molecule has 2 rings (SSSR count). The molecule has 1 aromatic rings. The number of benzene rings is 1. The summed E-state index contributed by atoms with van der Waals surface area (Å²) in [6.07, 6.45) is 1.60. The summed E-state index contributed by atoms with van der Waals surface area (Å²) in [6, 6.07) is 5.61. The Bertz CT molecular complexity index is 632. The Kier molecular flexibility index (Phi) is 6.09. The van der Waals surface area contributed by atoms with Gasteiger partial charge in [0, 0.05) is 17.6 Å². The van der Waals surface area contributed by atoms with E-state index in [4.69, 9.17) is 4.74 Å². The van der Waals surface area contributed by atoms with E-state index in [1.165, 1.54) is 0 Å². The van der Waals surface area contributed by atoms with Crippen molar-refractivity contribution < 1.29 is 14.3 Å². The fraction of sp³-hybridized carbons (Fsp3) is 0.600. The maximum atomic E-state index is 12.3. The van der Waals surface area contributed by atoms with Crippen LogP contribution in [0.15, 0.2) is 18.2 Å². The molecule has 1 aromatic carbocycles. The average molecular weight is 346 g/mol. The molecule has 0 spiro atoms. The highest BCUT2D eigenvalue weighted by molar-refractivity contribution is 5.94. The molecular weight excluding hydrogens is 316 g/mol. The van der Waals surface area contributed by atoms with Gasteiger partial charge in [-0.25, -0.2) is 0 Å². The zero-order valence-electron chi connectivity index (χ0n) is 15.9. The van der Waals surface area contributed by atoms with Gasteiger partial charge >= 0.3 is 0 Å². The van der Waals surface area contributed by atoms with Gasteiger partial charge in [0.25, 0.3) is 0 Å². The van der Waals surface area contributed by atoms with E-state index in [2.05, 4.69) is 24.5 Å². The van der Waals surface area contributed by atoms with Gasteiger partial charge in [-0.3, -0.25) is 9.59 Å². The van der Waals surface area contributed by atoms with Crippen molar-refractivity contribution in [1.29, 1.82) is 0 Å². The molecule has 0 fully saturated rings. The highest BCUT2D eigenvalue weighted by atomic mass is 16.5. The number of fused-ring (bicyclic) bond motifs is 1. The standard InChI is InChI=1S/C20H30N2O3/c1-13(2)8-9-21-18(23)15-10-14-11-16(6-7-17(14)25-12-15)22-19(24)20(3,4)5/h6-7,11,13,15H,8-10,12H2,1-5H3,(H,21,23)(H,22,24)/t15-/m0/s1. The third kappa shape index (κ3) is 5.48. The summed E-state index contributed by atoms with van der Waals surface area (Å²) in [6.45, 7) is 11.0. The molecule has 1 heterocycles. The van der Waals surface area contributed by atoms with Crippen LogP contribution in [0.5, 0.6) is 5.75 Å². The second kappa shape index (κ2) is 7.89. The van der Waals surface area contributed by atoms with Crippen LogP contribution in [0, 0.1) is 17.3 Å². The van der Waals surface area contributed by atoms with Crippen molar-refractivity contribution in [2.75, 3.05) is 18.5 Å². The van der Waals surface area contributed by atoms with E-state index < -0.39 is 5.41 Å². The molecule has 0 unspecified atom stereocenters. The van der Waals surface area contributed by atoms with Crippen LogP contribution in [0.2, 0.25) is 0 Å². The van der Waals surface area contributed by atoms with Crippen LogP contribution >= 0.6 is 0 Å². The number of rotatable bonds is 5. The van der Waals surface area contributed by atoms with E-state index in [0.717, 1.165) is 23.4 Å². The Labute approximate surface area is 150 Å². The molecule has 1 aliphatic rings. The Morgan fingerprint density at radius 1 is 1.28 bits per heavy atom. The van der Waals surface area contributed by atoms with Gasteiger partial charge in [0.1, 0.15) is 12.4 Å². The van der Waals surface area contributed by atoms with Gasteiger partial charge in [0.15, 0.2) is 0 Å². The second-order valence-corrected chi connectivity index (χ2v) is 8.21. The number of hydrogen-bond acceptors (Lipinski definition) is 3. The number of nitrogens with one attached hydrogen (secondary N) is 2. The van der Waals surface area contributed by atoms with Gasteiger partial charge in [-0.2, -0.15) is 0 Å². The average Bonchev–Trinajstić information content (AvgIpc) is 2.52. The Morgan fingerprint density at radius 3 is 2.64 bits per heavy atom. The molecule has 138 valence electrons. The first-order chi connectivity index (χ1) is 11.7. The molecule has 5 nitrogen and oxygen atoms in total. The second-order valence-electron chi connectivity index (χ2n) is 8.21. The van der Waals surface area contributed by atoms with Gasteiger partial charge in [-0.1, -0.05) is 34.6 Å². The van der Waals surface area contributed by atoms with Gasteiger partial charge in [-0.15, -0.1) is 0 Å². The topological polar surface area (TPSA) is 67.4 Å². The summed E-state index contributed by atoms with van der Waals surface area (Å²) in [4.78, 5) is 24.5. The maximum Gasteiger partial charge on any atom is 0.229 e. The minimum absolute atomic E-state index is 0.0350. The number of hydrogen-bond donors (Lipinski definition) is 2. The minimum atomic E-state index is -0.453. The van der Waals surface area contributed by atoms with Crippen molar-refractivity contribution in [1.82, 2.24) is 5.32 Å². The molecule has 0 aliphatic carbocycles. The lowest BCUT2D eigenvalue weighted by Crippen LogP contribution is -2.38. The fourth-order valence-electron chi connectivity index (χ4n) is 2.59. The van der Waals surface area contributed by atoms with Crippen molar-refractivity contribution in [2.45, 2.75) is 47.5 Å². The smallest absolute Gasteiger partial charge is 0.229 e. The highest BCUT2D eigenvalue weighted by Gasteiger charge is 2.27. The lowest BCUT2D eigenvalue weighted by molar-refractivity contribution is -0.126. The molecular formula is C20H30N2O3. The molecule has 2 amide bonds. The maximum absolute atomic E-state index is 12.3. The number of carbonyl (C=O) groups excluding carboxylic acids is 2. The van der Waals surface area contributed by atoms with E-state index in [0.29, 0.717) is 25.5 Å². The van der Waals surface area contributed by atoms with Gasteiger partial charge in [0.2, 0.25) is 11.8 Å². The first kappa shape index (κ1) is 19.3. The van der Waals surface area contributed by atoms with Crippen LogP contribution in [-0.2, 0) is 16.0 Å². The van der Waals surface area contributed by atoms with E-state index in [1.54, 1.807) is 0 Å². The van der Waals surface area contributed by atoms with E-state index in [9.17, 15) is 9.59 Å².